The SMILES string of the molecule is CN1CCN(C)C(C(O)C2=CCCCO2)C1. The Kier molecular flexibility index (Phi) is 3.84. The first-order valence-electron chi connectivity index (χ1n) is 6.08. The molecule has 0 aliphatic carbocycles. The minimum atomic E-state index is -0.479. The van der Waals surface area contributed by atoms with Crippen molar-refractivity contribution in [2.24, 2.45) is 0 Å². The average molecular weight is 226 g/mol. The molecule has 0 saturated carbocycles. The highest BCUT2D eigenvalue weighted by atomic mass is 16.5. The molecule has 4 nitrogen and oxygen atoms in total. The Labute approximate surface area is 97.5 Å². The minimum absolute atomic E-state index is 0.156. The summed E-state index contributed by atoms with van der Waals surface area (Å²) in [6.45, 7) is 3.72. The predicted octanol–water partition coefficient (Wildman–Crippen LogP) is 0.287. The van der Waals surface area contributed by atoms with Crippen molar-refractivity contribution in [1.29, 1.82) is 0 Å². The molecule has 0 aromatic carbocycles. The number of nitrogens with zero attached hydrogens (tertiary/aromatic N) is 2. The van der Waals surface area contributed by atoms with Crippen molar-refractivity contribution in [3.63, 3.8) is 0 Å². The zero-order chi connectivity index (χ0) is 11.5. The second kappa shape index (κ2) is 5.17. The first-order chi connectivity index (χ1) is 7.68. The number of ether oxygens (including phenoxy) is 1. The van der Waals surface area contributed by atoms with Crippen LogP contribution in [0, 0.1) is 0 Å². The molecule has 0 aromatic heterocycles. The zero-order valence-corrected chi connectivity index (χ0v) is 10.2. The van der Waals surface area contributed by atoms with E-state index in [-0.39, 0.29) is 6.04 Å². The zero-order valence-electron chi connectivity index (χ0n) is 10.2. The number of aliphatic hydroxyl groups excluding tert-OH is 1. The Hall–Kier alpha value is -0.580. The molecule has 0 spiro atoms. The number of likely N-dealkylation sites (N-methyl/N-ethyl adjacent to an activating group) is 2. The molecule has 2 unspecified atom stereocenters. The van der Waals surface area contributed by atoms with Gasteiger partial charge in [0.15, 0.2) is 0 Å². The molecule has 0 amide bonds. The summed E-state index contributed by atoms with van der Waals surface area (Å²) in [5.41, 5.74) is 0. The summed E-state index contributed by atoms with van der Waals surface area (Å²) in [7, 11) is 4.17. The molecule has 2 rings (SSSR count). The van der Waals surface area contributed by atoms with E-state index in [4.69, 9.17) is 4.74 Å². The topological polar surface area (TPSA) is 35.9 Å². The standard InChI is InChI=1S/C12H22N2O2/c1-13-6-7-14(2)10(9-13)12(15)11-5-3-4-8-16-11/h5,10,12,15H,3-4,6-9H2,1-2H3. The normalized spacial score (nSPS) is 30.7. The summed E-state index contributed by atoms with van der Waals surface area (Å²) >= 11 is 0. The van der Waals surface area contributed by atoms with Crippen LogP contribution in [-0.4, -0.2) is 67.4 Å². The number of aliphatic hydroxyl groups is 1. The van der Waals surface area contributed by atoms with Crippen molar-refractivity contribution in [1.82, 2.24) is 9.80 Å². The van der Waals surface area contributed by atoms with Gasteiger partial charge in [-0.15, -0.1) is 0 Å². The molecule has 2 aliphatic rings. The highest BCUT2D eigenvalue weighted by Gasteiger charge is 2.32. The van der Waals surface area contributed by atoms with E-state index in [1.54, 1.807) is 0 Å². The van der Waals surface area contributed by atoms with Crippen LogP contribution in [0.4, 0.5) is 0 Å². The Balaban J connectivity index is 2.01. The van der Waals surface area contributed by atoms with Crippen molar-refractivity contribution < 1.29 is 9.84 Å². The minimum Gasteiger partial charge on any atom is -0.495 e. The lowest BCUT2D eigenvalue weighted by Crippen LogP contribution is -2.55. The Morgan fingerprint density at radius 2 is 2.25 bits per heavy atom. The maximum atomic E-state index is 10.3. The lowest BCUT2D eigenvalue weighted by molar-refractivity contribution is -0.00193. The number of rotatable bonds is 2. The van der Waals surface area contributed by atoms with Gasteiger partial charge in [0.05, 0.1) is 12.6 Å². The van der Waals surface area contributed by atoms with Crippen LogP contribution in [0.2, 0.25) is 0 Å². The molecule has 2 aliphatic heterocycles. The quantitative estimate of drug-likeness (QED) is 0.734. The van der Waals surface area contributed by atoms with Crippen molar-refractivity contribution >= 4 is 0 Å². The molecular weight excluding hydrogens is 204 g/mol. The van der Waals surface area contributed by atoms with E-state index in [2.05, 4.69) is 23.9 Å². The molecule has 0 aromatic rings. The third-order valence-electron chi connectivity index (χ3n) is 3.52. The fourth-order valence-electron chi connectivity index (χ4n) is 2.36. The van der Waals surface area contributed by atoms with Gasteiger partial charge >= 0.3 is 0 Å². The highest BCUT2D eigenvalue weighted by Crippen LogP contribution is 2.20. The summed E-state index contributed by atoms with van der Waals surface area (Å²) in [5.74, 6) is 0.776. The molecule has 2 atom stereocenters. The fourth-order valence-corrected chi connectivity index (χ4v) is 2.36. The lowest BCUT2D eigenvalue weighted by atomic mass is 10.0. The van der Waals surface area contributed by atoms with E-state index in [9.17, 15) is 5.11 Å². The molecule has 4 heteroatoms. The van der Waals surface area contributed by atoms with Crippen LogP contribution in [0.25, 0.3) is 0 Å². The summed E-state index contributed by atoms with van der Waals surface area (Å²) in [6.07, 6.45) is 3.65. The molecule has 16 heavy (non-hydrogen) atoms. The van der Waals surface area contributed by atoms with Crippen molar-refractivity contribution in [2.45, 2.75) is 25.0 Å². The van der Waals surface area contributed by atoms with Crippen LogP contribution in [0.5, 0.6) is 0 Å². The lowest BCUT2D eigenvalue weighted by Gasteiger charge is -2.40. The maximum absolute atomic E-state index is 10.3. The number of piperazine rings is 1. The summed E-state index contributed by atoms with van der Waals surface area (Å²) < 4.78 is 5.54. The molecular formula is C12H22N2O2. The molecule has 1 fully saturated rings. The van der Waals surface area contributed by atoms with Gasteiger partial charge in [-0.25, -0.2) is 0 Å². The molecule has 1 N–H and O–H groups in total. The van der Waals surface area contributed by atoms with E-state index >= 15 is 0 Å². The molecule has 92 valence electrons. The fraction of sp³-hybridized carbons (Fsp3) is 0.833. The Bertz CT molecular complexity index is 268. The molecule has 2 heterocycles. The van der Waals surface area contributed by atoms with E-state index in [0.717, 1.165) is 44.8 Å². The van der Waals surface area contributed by atoms with Gasteiger partial charge in [0, 0.05) is 19.6 Å². The second-order valence-corrected chi connectivity index (χ2v) is 4.85. The third-order valence-corrected chi connectivity index (χ3v) is 3.52. The van der Waals surface area contributed by atoms with Crippen LogP contribution in [0.3, 0.4) is 0 Å². The Morgan fingerprint density at radius 3 is 2.94 bits per heavy atom. The van der Waals surface area contributed by atoms with E-state index in [1.165, 1.54) is 0 Å². The van der Waals surface area contributed by atoms with Crippen molar-refractivity contribution in [3.8, 4) is 0 Å². The highest BCUT2D eigenvalue weighted by molar-refractivity contribution is 5.07. The van der Waals surface area contributed by atoms with Gasteiger partial charge in [-0.1, -0.05) is 0 Å². The van der Waals surface area contributed by atoms with Crippen LogP contribution < -0.4 is 0 Å². The van der Waals surface area contributed by atoms with Gasteiger partial charge in [-0.2, -0.15) is 0 Å². The Morgan fingerprint density at radius 1 is 1.44 bits per heavy atom. The molecule has 0 radical (unpaired) electrons. The van der Waals surface area contributed by atoms with E-state index in [0.29, 0.717) is 0 Å². The van der Waals surface area contributed by atoms with E-state index < -0.39 is 6.10 Å². The van der Waals surface area contributed by atoms with E-state index in [1.807, 2.05) is 6.08 Å². The second-order valence-electron chi connectivity index (χ2n) is 4.85. The van der Waals surface area contributed by atoms with Crippen LogP contribution in [0.1, 0.15) is 12.8 Å². The smallest absolute Gasteiger partial charge is 0.127 e. The average Bonchev–Trinajstić information content (AvgIpc) is 2.32. The van der Waals surface area contributed by atoms with Crippen molar-refractivity contribution in [3.05, 3.63) is 11.8 Å². The number of hydrogen-bond acceptors (Lipinski definition) is 4. The van der Waals surface area contributed by atoms with Crippen LogP contribution in [-0.2, 0) is 4.74 Å². The first-order valence-corrected chi connectivity index (χ1v) is 6.08. The largest absolute Gasteiger partial charge is 0.495 e. The van der Waals surface area contributed by atoms with Crippen LogP contribution in [0.15, 0.2) is 11.8 Å². The number of allylic oxidation sites excluding steroid dienone is 1. The van der Waals surface area contributed by atoms with Crippen molar-refractivity contribution in [2.75, 3.05) is 40.3 Å². The van der Waals surface area contributed by atoms with Gasteiger partial charge in [-0.3, -0.25) is 4.90 Å². The summed E-state index contributed by atoms with van der Waals surface area (Å²) in [5, 5.41) is 10.3. The predicted molar refractivity (Wildman–Crippen MR) is 63.2 cm³/mol. The maximum Gasteiger partial charge on any atom is 0.127 e. The summed E-state index contributed by atoms with van der Waals surface area (Å²) in [4.78, 5) is 4.49. The van der Waals surface area contributed by atoms with Gasteiger partial charge in [0.1, 0.15) is 11.9 Å². The first kappa shape index (κ1) is 11.9. The van der Waals surface area contributed by atoms with Gasteiger partial charge < -0.3 is 14.7 Å². The number of hydrogen-bond donors (Lipinski definition) is 1. The summed E-state index contributed by atoms with van der Waals surface area (Å²) in [6, 6.07) is 0.156. The van der Waals surface area contributed by atoms with Gasteiger partial charge in [0.2, 0.25) is 0 Å². The van der Waals surface area contributed by atoms with Gasteiger partial charge in [0.25, 0.3) is 0 Å². The molecule has 0 bridgehead atoms. The van der Waals surface area contributed by atoms with Gasteiger partial charge in [-0.05, 0) is 33.0 Å². The third kappa shape index (κ3) is 2.56. The molecule has 1 saturated heterocycles. The van der Waals surface area contributed by atoms with Crippen LogP contribution >= 0.6 is 0 Å². The monoisotopic (exact) mass is 226 g/mol.